The van der Waals surface area contributed by atoms with Gasteiger partial charge < -0.3 is 9.84 Å². The van der Waals surface area contributed by atoms with E-state index < -0.39 is 5.60 Å². The second-order valence-electron chi connectivity index (χ2n) is 7.39. The molecule has 0 radical (unpaired) electrons. The molecule has 25 heavy (non-hydrogen) atoms. The van der Waals surface area contributed by atoms with Gasteiger partial charge in [-0.15, -0.1) is 6.58 Å². The second-order valence-corrected chi connectivity index (χ2v) is 7.39. The van der Waals surface area contributed by atoms with Crippen molar-refractivity contribution >= 4 is 0 Å². The summed E-state index contributed by atoms with van der Waals surface area (Å²) in [4.78, 5) is 0. The monoisotopic (exact) mass is 346 g/mol. The molecule has 0 saturated carbocycles. The SMILES string of the molecule is C=CC(C)(O)CCCCCCCCCCCCOCc1ccccc1. The summed E-state index contributed by atoms with van der Waals surface area (Å²) in [6.07, 6.45) is 15.3. The molecule has 1 unspecified atom stereocenters. The van der Waals surface area contributed by atoms with E-state index in [1.54, 1.807) is 6.08 Å². The standard InChI is InChI=1S/C23H38O2/c1-3-23(2,24)19-15-10-8-6-4-5-7-9-11-16-20-25-21-22-17-13-12-14-18-22/h3,12-14,17-18,24H,1,4-11,15-16,19-21H2,2H3. The van der Waals surface area contributed by atoms with E-state index >= 15 is 0 Å². The Morgan fingerprint density at radius 1 is 0.880 bits per heavy atom. The van der Waals surface area contributed by atoms with Crippen LogP contribution in [0.1, 0.15) is 83.1 Å². The first-order valence-electron chi connectivity index (χ1n) is 10.1. The molecule has 0 amide bonds. The zero-order chi connectivity index (χ0) is 18.2. The van der Waals surface area contributed by atoms with Crippen LogP contribution in [0.2, 0.25) is 0 Å². The molecule has 1 atom stereocenters. The van der Waals surface area contributed by atoms with Crippen molar-refractivity contribution in [3.63, 3.8) is 0 Å². The van der Waals surface area contributed by atoms with Crippen molar-refractivity contribution in [3.8, 4) is 0 Å². The van der Waals surface area contributed by atoms with E-state index in [9.17, 15) is 5.11 Å². The van der Waals surface area contributed by atoms with Gasteiger partial charge in [-0.2, -0.15) is 0 Å². The third kappa shape index (κ3) is 12.8. The summed E-state index contributed by atoms with van der Waals surface area (Å²) in [5.74, 6) is 0. The van der Waals surface area contributed by atoms with Gasteiger partial charge in [-0.05, 0) is 25.3 Å². The zero-order valence-electron chi connectivity index (χ0n) is 16.2. The van der Waals surface area contributed by atoms with Crippen molar-refractivity contribution in [2.24, 2.45) is 0 Å². The lowest BCUT2D eigenvalue weighted by Crippen LogP contribution is -2.19. The Bertz CT molecular complexity index is 425. The van der Waals surface area contributed by atoms with Crippen molar-refractivity contribution in [1.29, 1.82) is 0 Å². The van der Waals surface area contributed by atoms with Crippen LogP contribution < -0.4 is 0 Å². The van der Waals surface area contributed by atoms with Crippen molar-refractivity contribution < 1.29 is 9.84 Å². The molecule has 0 heterocycles. The molecular formula is C23H38O2. The molecule has 1 N–H and O–H groups in total. The minimum atomic E-state index is -0.676. The van der Waals surface area contributed by atoms with Gasteiger partial charge in [0.25, 0.3) is 0 Å². The Hall–Kier alpha value is -1.12. The average molecular weight is 347 g/mol. The van der Waals surface area contributed by atoms with Crippen LogP contribution in [0.4, 0.5) is 0 Å². The fraction of sp³-hybridized carbons (Fsp3) is 0.652. The minimum absolute atomic E-state index is 0.676. The summed E-state index contributed by atoms with van der Waals surface area (Å²) in [5, 5.41) is 9.83. The number of ether oxygens (including phenoxy) is 1. The fourth-order valence-corrected chi connectivity index (χ4v) is 2.97. The predicted molar refractivity (Wildman–Crippen MR) is 108 cm³/mol. The highest BCUT2D eigenvalue weighted by molar-refractivity contribution is 5.13. The third-order valence-electron chi connectivity index (χ3n) is 4.77. The van der Waals surface area contributed by atoms with Gasteiger partial charge in [-0.25, -0.2) is 0 Å². The maximum atomic E-state index is 9.83. The van der Waals surface area contributed by atoms with Gasteiger partial charge in [0.1, 0.15) is 0 Å². The molecule has 1 rings (SSSR count). The average Bonchev–Trinajstić information content (AvgIpc) is 2.63. The molecule has 0 saturated heterocycles. The molecule has 1 aromatic carbocycles. The van der Waals surface area contributed by atoms with Crippen LogP contribution in [0.5, 0.6) is 0 Å². The molecule has 0 aliphatic rings. The lowest BCUT2D eigenvalue weighted by molar-refractivity contribution is 0.0988. The van der Waals surface area contributed by atoms with Gasteiger partial charge in [-0.3, -0.25) is 0 Å². The summed E-state index contributed by atoms with van der Waals surface area (Å²) in [6.45, 7) is 7.13. The quantitative estimate of drug-likeness (QED) is 0.276. The van der Waals surface area contributed by atoms with Crippen LogP contribution in [0.15, 0.2) is 43.0 Å². The van der Waals surface area contributed by atoms with Gasteiger partial charge in [0.15, 0.2) is 0 Å². The van der Waals surface area contributed by atoms with Gasteiger partial charge in [0.05, 0.1) is 12.2 Å². The number of hydrogen-bond acceptors (Lipinski definition) is 2. The first-order valence-corrected chi connectivity index (χ1v) is 10.1. The normalized spacial score (nSPS) is 13.5. The van der Waals surface area contributed by atoms with Crippen LogP contribution in [0.3, 0.4) is 0 Å². The van der Waals surface area contributed by atoms with Crippen molar-refractivity contribution in [2.75, 3.05) is 6.61 Å². The smallest absolute Gasteiger partial charge is 0.0797 e. The van der Waals surface area contributed by atoms with Gasteiger partial charge in [0, 0.05) is 6.61 Å². The lowest BCUT2D eigenvalue weighted by atomic mass is 9.97. The van der Waals surface area contributed by atoms with Crippen LogP contribution in [-0.2, 0) is 11.3 Å². The Morgan fingerprint density at radius 3 is 1.96 bits per heavy atom. The molecule has 0 spiro atoms. The molecule has 0 aliphatic heterocycles. The van der Waals surface area contributed by atoms with Crippen molar-refractivity contribution in [2.45, 2.75) is 89.8 Å². The van der Waals surface area contributed by atoms with Gasteiger partial charge in [0.2, 0.25) is 0 Å². The highest BCUT2D eigenvalue weighted by Gasteiger charge is 2.13. The molecule has 0 aliphatic carbocycles. The molecule has 2 nitrogen and oxygen atoms in total. The Kier molecular flexibility index (Phi) is 12.4. The fourth-order valence-electron chi connectivity index (χ4n) is 2.97. The molecule has 0 bridgehead atoms. The number of hydrogen-bond donors (Lipinski definition) is 1. The van der Waals surface area contributed by atoms with Gasteiger partial charge in [-0.1, -0.05) is 94.2 Å². The van der Waals surface area contributed by atoms with E-state index in [0.717, 1.165) is 26.1 Å². The number of rotatable bonds is 16. The van der Waals surface area contributed by atoms with Crippen molar-refractivity contribution in [1.82, 2.24) is 0 Å². The molecule has 0 fully saturated rings. The largest absolute Gasteiger partial charge is 0.386 e. The highest BCUT2D eigenvalue weighted by Crippen LogP contribution is 2.17. The van der Waals surface area contributed by atoms with Crippen molar-refractivity contribution in [3.05, 3.63) is 48.6 Å². The van der Waals surface area contributed by atoms with E-state index in [1.165, 1.54) is 63.4 Å². The van der Waals surface area contributed by atoms with E-state index in [1.807, 2.05) is 13.0 Å². The predicted octanol–water partition coefficient (Wildman–Crippen LogP) is 6.43. The first kappa shape index (κ1) is 21.9. The van der Waals surface area contributed by atoms with Crippen LogP contribution in [-0.4, -0.2) is 17.3 Å². The minimum Gasteiger partial charge on any atom is -0.386 e. The van der Waals surface area contributed by atoms with E-state index in [-0.39, 0.29) is 0 Å². The summed E-state index contributed by atoms with van der Waals surface area (Å²) < 4.78 is 5.71. The zero-order valence-corrected chi connectivity index (χ0v) is 16.2. The molecule has 0 aromatic heterocycles. The Balaban J connectivity index is 1.77. The lowest BCUT2D eigenvalue weighted by Gasteiger charge is -2.17. The topological polar surface area (TPSA) is 29.5 Å². The van der Waals surface area contributed by atoms with E-state index in [2.05, 4.69) is 30.8 Å². The van der Waals surface area contributed by atoms with Crippen LogP contribution in [0.25, 0.3) is 0 Å². The summed E-state index contributed by atoms with van der Waals surface area (Å²) in [7, 11) is 0. The van der Waals surface area contributed by atoms with Crippen LogP contribution in [0, 0.1) is 0 Å². The molecule has 1 aromatic rings. The maximum Gasteiger partial charge on any atom is 0.0797 e. The first-order chi connectivity index (χ1) is 12.1. The number of aliphatic hydroxyl groups is 1. The number of benzene rings is 1. The maximum absolute atomic E-state index is 9.83. The molecular weight excluding hydrogens is 308 g/mol. The summed E-state index contributed by atoms with van der Waals surface area (Å²) in [6, 6.07) is 10.4. The second kappa shape index (κ2) is 14.1. The Labute approximate surface area is 155 Å². The summed E-state index contributed by atoms with van der Waals surface area (Å²) >= 11 is 0. The summed E-state index contributed by atoms with van der Waals surface area (Å²) in [5.41, 5.74) is 0.584. The highest BCUT2D eigenvalue weighted by atomic mass is 16.5. The third-order valence-corrected chi connectivity index (χ3v) is 4.77. The molecule has 142 valence electrons. The van der Waals surface area contributed by atoms with E-state index in [4.69, 9.17) is 4.74 Å². The van der Waals surface area contributed by atoms with Gasteiger partial charge >= 0.3 is 0 Å². The molecule has 2 heteroatoms. The van der Waals surface area contributed by atoms with E-state index in [0.29, 0.717) is 0 Å². The Morgan fingerprint density at radius 2 is 1.40 bits per heavy atom. The van der Waals surface area contributed by atoms with Crippen LogP contribution >= 0.6 is 0 Å². The number of unbranched alkanes of at least 4 members (excludes halogenated alkanes) is 9.